The molecule has 0 aliphatic heterocycles. The maximum Gasteiger partial charge on any atom is 0.0760 e. The number of hydrogen-bond donors (Lipinski definition) is 2. The lowest BCUT2D eigenvalue weighted by molar-refractivity contribution is 0.0414. The summed E-state index contributed by atoms with van der Waals surface area (Å²) in [5.74, 6) is 0.416. The number of aliphatic hydroxyl groups excluding tert-OH is 1. The molecule has 4 heteroatoms. The molecule has 0 amide bonds. The second-order valence-corrected chi connectivity index (χ2v) is 5.50. The summed E-state index contributed by atoms with van der Waals surface area (Å²) in [6.07, 6.45) is 3.11. The van der Waals surface area contributed by atoms with E-state index >= 15 is 0 Å². The van der Waals surface area contributed by atoms with Gasteiger partial charge in [-0.05, 0) is 59.0 Å². The summed E-state index contributed by atoms with van der Waals surface area (Å²) in [4.78, 5) is 0. The minimum atomic E-state index is -0.376. The van der Waals surface area contributed by atoms with Crippen molar-refractivity contribution >= 4 is 35.0 Å². The van der Waals surface area contributed by atoms with Gasteiger partial charge < -0.3 is 10.8 Å². The Bertz CT molecular complexity index is 326. The lowest BCUT2D eigenvalue weighted by Crippen LogP contribution is -2.36. The van der Waals surface area contributed by atoms with Crippen LogP contribution in [0.4, 0.5) is 0 Å². The van der Waals surface area contributed by atoms with Crippen molar-refractivity contribution in [3.63, 3.8) is 0 Å². The Balaban J connectivity index is 0.00000128. The van der Waals surface area contributed by atoms with Gasteiger partial charge in [0, 0.05) is 3.57 Å². The number of rotatable bonds is 3. The number of aliphatic hydroxyl groups is 1. The Labute approximate surface area is 116 Å². The molecule has 1 aromatic carbocycles. The molecule has 1 aromatic rings. The van der Waals surface area contributed by atoms with Gasteiger partial charge >= 0.3 is 0 Å². The van der Waals surface area contributed by atoms with Crippen molar-refractivity contribution in [2.45, 2.75) is 31.4 Å². The molecule has 0 heterocycles. The average Bonchev–Trinajstić information content (AvgIpc) is 2.15. The van der Waals surface area contributed by atoms with Gasteiger partial charge in [0.05, 0.1) is 12.1 Å². The smallest absolute Gasteiger partial charge is 0.0760 e. The van der Waals surface area contributed by atoms with Crippen LogP contribution in [-0.2, 0) is 0 Å². The minimum Gasteiger partial charge on any atom is -0.391 e. The predicted molar refractivity (Wildman–Crippen MR) is 76.7 cm³/mol. The molecule has 0 bridgehead atoms. The zero-order valence-electron chi connectivity index (χ0n) is 8.97. The van der Waals surface area contributed by atoms with E-state index in [1.54, 1.807) is 0 Å². The number of halogens is 2. The van der Waals surface area contributed by atoms with Crippen LogP contribution in [0.2, 0.25) is 0 Å². The maximum atomic E-state index is 10.0. The van der Waals surface area contributed by atoms with Gasteiger partial charge in [0.25, 0.3) is 0 Å². The van der Waals surface area contributed by atoms with E-state index in [1.165, 1.54) is 9.99 Å². The van der Waals surface area contributed by atoms with Crippen molar-refractivity contribution in [2.75, 3.05) is 0 Å². The maximum absolute atomic E-state index is 10.0. The third-order valence-corrected chi connectivity index (χ3v) is 3.97. The molecule has 0 radical (unpaired) electrons. The predicted octanol–water partition coefficient (Wildman–Crippen LogP) is 2.87. The molecule has 16 heavy (non-hydrogen) atoms. The monoisotopic (exact) mass is 353 g/mol. The summed E-state index contributed by atoms with van der Waals surface area (Å²) in [5, 5.41) is 10.0. The Morgan fingerprint density at radius 1 is 1.25 bits per heavy atom. The van der Waals surface area contributed by atoms with Crippen LogP contribution in [0.15, 0.2) is 24.3 Å². The van der Waals surface area contributed by atoms with Crippen LogP contribution in [0, 0.1) is 9.49 Å². The van der Waals surface area contributed by atoms with Gasteiger partial charge in [-0.1, -0.05) is 18.6 Å². The molecule has 2 rings (SSSR count). The Kier molecular flexibility index (Phi) is 5.50. The second kappa shape index (κ2) is 6.19. The fraction of sp³-hybridized carbons (Fsp3) is 0.500. The normalized spacial score (nSPS) is 19.4. The largest absolute Gasteiger partial charge is 0.391 e. The van der Waals surface area contributed by atoms with Crippen LogP contribution in [0.3, 0.4) is 0 Å². The quantitative estimate of drug-likeness (QED) is 0.821. The highest BCUT2D eigenvalue weighted by Crippen LogP contribution is 2.34. The molecule has 2 atom stereocenters. The highest BCUT2D eigenvalue weighted by atomic mass is 127. The van der Waals surface area contributed by atoms with Crippen LogP contribution >= 0.6 is 35.0 Å². The SMILES string of the molecule is Cl.N[C@H](c1ccc(I)cc1)[C@@H](O)C1CCC1. The van der Waals surface area contributed by atoms with Gasteiger partial charge in [0.2, 0.25) is 0 Å². The summed E-state index contributed by atoms with van der Waals surface area (Å²) < 4.78 is 1.20. The first-order chi connectivity index (χ1) is 7.18. The number of nitrogens with two attached hydrogens (primary N) is 1. The van der Waals surface area contributed by atoms with Crippen molar-refractivity contribution in [2.24, 2.45) is 11.7 Å². The van der Waals surface area contributed by atoms with E-state index in [2.05, 4.69) is 22.6 Å². The van der Waals surface area contributed by atoms with E-state index in [1.807, 2.05) is 24.3 Å². The van der Waals surface area contributed by atoms with Gasteiger partial charge in [0.1, 0.15) is 0 Å². The molecular weight excluding hydrogens is 336 g/mol. The zero-order valence-corrected chi connectivity index (χ0v) is 11.9. The van der Waals surface area contributed by atoms with Gasteiger partial charge in [-0.2, -0.15) is 0 Å². The van der Waals surface area contributed by atoms with Crippen LogP contribution in [0.25, 0.3) is 0 Å². The lowest BCUT2D eigenvalue weighted by atomic mass is 9.77. The summed E-state index contributed by atoms with van der Waals surface area (Å²) >= 11 is 2.27. The highest BCUT2D eigenvalue weighted by molar-refractivity contribution is 14.1. The first-order valence-electron chi connectivity index (χ1n) is 5.37. The third kappa shape index (κ3) is 3.09. The highest BCUT2D eigenvalue weighted by Gasteiger charge is 2.30. The van der Waals surface area contributed by atoms with Crippen LogP contribution < -0.4 is 5.73 Å². The minimum absolute atomic E-state index is 0. The van der Waals surface area contributed by atoms with E-state index in [0.717, 1.165) is 18.4 Å². The van der Waals surface area contributed by atoms with Gasteiger partial charge in [-0.25, -0.2) is 0 Å². The first-order valence-corrected chi connectivity index (χ1v) is 6.45. The Morgan fingerprint density at radius 3 is 2.25 bits per heavy atom. The summed E-state index contributed by atoms with van der Waals surface area (Å²) in [5.41, 5.74) is 7.08. The fourth-order valence-electron chi connectivity index (χ4n) is 1.96. The van der Waals surface area contributed by atoms with Crippen molar-refractivity contribution in [1.82, 2.24) is 0 Å². The third-order valence-electron chi connectivity index (χ3n) is 3.26. The van der Waals surface area contributed by atoms with Crippen molar-refractivity contribution < 1.29 is 5.11 Å². The van der Waals surface area contributed by atoms with Crippen LogP contribution in [0.5, 0.6) is 0 Å². The number of hydrogen-bond acceptors (Lipinski definition) is 2. The molecule has 0 aromatic heterocycles. The number of benzene rings is 1. The van der Waals surface area contributed by atoms with Gasteiger partial charge in [0.15, 0.2) is 0 Å². The summed E-state index contributed by atoms with van der Waals surface area (Å²) in [6, 6.07) is 7.85. The van der Waals surface area contributed by atoms with E-state index in [0.29, 0.717) is 5.92 Å². The molecule has 0 unspecified atom stereocenters. The van der Waals surface area contributed by atoms with E-state index in [-0.39, 0.29) is 24.6 Å². The first kappa shape index (κ1) is 14.2. The molecule has 1 aliphatic rings. The molecular formula is C12H17ClINO. The van der Waals surface area contributed by atoms with Crippen molar-refractivity contribution in [3.8, 4) is 0 Å². The molecule has 90 valence electrons. The topological polar surface area (TPSA) is 46.2 Å². The molecule has 3 N–H and O–H groups in total. The lowest BCUT2D eigenvalue weighted by Gasteiger charge is -2.33. The molecule has 0 spiro atoms. The van der Waals surface area contributed by atoms with Gasteiger partial charge in [-0.15, -0.1) is 12.4 Å². The second-order valence-electron chi connectivity index (χ2n) is 4.26. The van der Waals surface area contributed by atoms with Crippen LogP contribution in [0.1, 0.15) is 30.9 Å². The van der Waals surface area contributed by atoms with Crippen molar-refractivity contribution in [3.05, 3.63) is 33.4 Å². The molecule has 1 aliphatic carbocycles. The Hall–Kier alpha value is 0.160. The summed E-state index contributed by atoms with van der Waals surface area (Å²) in [6.45, 7) is 0. The van der Waals surface area contributed by atoms with Crippen molar-refractivity contribution in [1.29, 1.82) is 0 Å². The van der Waals surface area contributed by atoms with E-state index < -0.39 is 0 Å². The van der Waals surface area contributed by atoms with Gasteiger partial charge in [-0.3, -0.25) is 0 Å². The fourth-order valence-corrected chi connectivity index (χ4v) is 2.32. The zero-order chi connectivity index (χ0) is 10.8. The molecule has 1 fully saturated rings. The van der Waals surface area contributed by atoms with Crippen LogP contribution in [-0.4, -0.2) is 11.2 Å². The average molecular weight is 354 g/mol. The molecule has 0 saturated heterocycles. The summed E-state index contributed by atoms with van der Waals surface area (Å²) in [7, 11) is 0. The molecule has 2 nitrogen and oxygen atoms in total. The van der Waals surface area contributed by atoms with E-state index in [4.69, 9.17) is 5.73 Å². The molecule has 1 saturated carbocycles. The Morgan fingerprint density at radius 2 is 1.81 bits per heavy atom. The standard InChI is InChI=1S/C12H16INO.ClH/c13-10-6-4-8(5-7-10)11(14)12(15)9-2-1-3-9;/h4-7,9,11-12,15H,1-3,14H2;1H/t11-,12+;/m1./s1. The van der Waals surface area contributed by atoms with E-state index in [9.17, 15) is 5.11 Å².